The summed E-state index contributed by atoms with van der Waals surface area (Å²) in [6.07, 6.45) is 13.8. The Balaban J connectivity index is 1.17. The number of nitrogens with two attached hydrogens (primary N) is 4. The Kier molecular flexibility index (Phi) is 8.79. The van der Waals surface area contributed by atoms with Crippen LogP contribution in [-0.4, -0.2) is 48.3 Å². The summed E-state index contributed by atoms with van der Waals surface area (Å²) in [6.45, 7) is 0. The lowest BCUT2D eigenvalue weighted by Crippen LogP contribution is -2.52. The van der Waals surface area contributed by atoms with Crippen molar-refractivity contribution in [2.45, 2.75) is 97.7 Å². The van der Waals surface area contributed by atoms with Gasteiger partial charge in [0.05, 0.1) is 0 Å². The summed E-state index contributed by atoms with van der Waals surface area (Å²) >= 11 is 0. The summed E-state index contributed by atoms with van der Waals surface area (Å²) < 4.78 is 0. The number of hydrogen-bond acceptors (Lipinski definition) is 8. The smallest absolute Gasteiger partial charge is 0.0350 e. The lowest BCUT2D eigenvalue weighted by atomic mass is 9.82. The molecule has 52 heavy (non-hydrogen) atoms. The second kappa shape index (κ2) is 13.7. The molecule has 5 heterocycles. The summed E-state index contributed by atoms with van der Waals surface area (Å²) in [4.78, 5) is 0. The van der Waals surface area contributed by atoms with E-state index in [4.69, 9.17) is 22.9 Å². The molecule has 8 heteroatoms. The molecule has 0 radical (unpaired) electrons. The molecule has 10 atom stereocenters. The van der Waals surface area contributed by atoms with Gasteiger partial charge in [0.1, 0.15) is 0 Å². The first-order valence-electron chi connectivity index (χ1n) is 19.2. The first kappa shape index (κ1) is 33.3. The number of hydrogen-bond donors (Lipinski definition) is 8. The molecule has 5 aliphatic heterocycles. The van der Waals surface area contributed by atoms with Crippen molar-refractivity contribution < 1.29 is 0 Å². The Labute approximate surface area is 307 Å². The normalized spacial score (nSPS) is 35.2. The van der Waals surface area contributed by atoms with Gasteiger partial charge in [-0.15, -0.1) is 0 Å². The Morgan fingerprint density at radius 1 is 0.327 bits per heavy atom. The highest BCUT2D eigenvalue weighted by molar-refractivity contribution is 5.55. The average molecular weight is 693 g/mol. The van der Waals surface area contributed by atoms with Crippen molar-refractivity contribution in [2.75, 3.05) is 22.9 Å². The van der Waals surface area contributed by atoms with E-state index in [-0.39, 0.29) is 72.0 Å². The molecular weight excluding hydrogens is 641 g/mol. The van der Waals surface area contributed by atoms with Gasteiger partial charge in [-0.3, -0.25) is 0 Å². The van der Waals surface area contributed by atoms with Gasteiger partial charge in [0.15, 0.2) is 0 Å². The number of nitrogen functional groups attached to an aromatic ring is 4. The molecular formula is C44H52N8. The molecule has 3 fully saturated rings. The zero-order valence-electron chi connectivity index (χ0n) is 29.6. The van der Waals surface area contributed by atoms with E-state index in [1.807, 2.05) is 42.5 Å². The molecule has 0 amide bonds. The summed E-state index contributed by atoms with van der Waals surface area (Å²) in [5.41, 5.74) is 35.4. The van der Waals surface area contributed by atoms with Crippen molar-refractivity contribution in [3.05, 3.63) is 144 Å². The SMILES string of the molecule is Nc1ccccc1C1C2C=CC(N2)C(c2ccccc2N)C2CCC(N2)C(c2ccccc2N)C2CCC(N2)C(c2ccccc2N)C2C=CC1N2. The van der Waals surface area contributed by atoms with E-state index in [9.17, 15) is 0 Å². The van der Waals surface area contributed by atoms with Gasteiger partial charge < -0.3 is 44.2 Å². The van der Waals surface area contributed by atoms with Crippen LogP contribution in [0.3, 0.4) is 0 Å². The molecule has 8 nitrogen and oxygen atoms in total. The minimum atomic E-state index is 0.0549. The molecule has 0 aliphatic carbocycles. The molecule has 268 valence electrons. The molecule has 3 saturated heterocycles. The molecule has 0 spiro atoms. The van der Waals surface area contributed by atoms with E-state index in [1.54, 1.807) is 0 Å². The van der Waals surface area contributed by atoms with E-state index in [1.165, 1.54) is 16.7 Å². The molecule has 0 saturated carbocycles. The highest BCUT2D eigenvalue weighted by atomic mass is 15.1. The Hall–Kier alpha value is -4.60. The first-order chi connectivity index (χ1) is 25.4. The molecule has 8 bridgehead atoms. The van der Waals surface area contributed by atoms with Crippen molar-refractivity contribution in [3.8, 4) is 0 Å². The minimum Gasteiger partial charge on any atom is -0.398 e. The van der Waals surface area contributed by atoms with E-state index in [0.29, 0.717) is 0 Å². The van der Waals surface area contributed by atoms with Gasteiger partial charge >= 0.3 is 0 Å². The van der Waals surface area contributed by atoms with Crippen LogP contribution in [0.25, 0.3) is 0 Å². The maximum atomic E-state index is 6.82. The van der Waals surface area contributed by atoms with Crippen molar-refractivity contribution in [1.29, 1.82) is 0 Å². The fraction of sp³-hybridized carbons (Fsp3) is 0.364. The minimum absolute atomic E-state index is 0.0549. The van der Waals surface area contributed by atoms with Gasteiger partial charge in [0.25, 0.3) is 0 Å². The quantitative estimate of drug-likeness (QED) is 0.103. The first-order valence-corrected chi connectivity index (χ1v) is 19.2. The molecule has 12 N–H and O–H groups in total. The predicted molar refractivity (Wildman–Crippen MR) is 214 cm³/mol. The van der Waals surface area contributed by atoms with E-state index in [2.05, 4.69) is 100 Å². The summed E-state index contributed by atoms with van der Waals surface area (Å²) in [6, 6.07) is 34.9. The van der Waals surface area contributed by atoms with Gasteiger partial charge in [-0.25, -0.2) is 0 Å². The van der Waals surface area contributed by atoms with Crippen LogP contribution < -0.4 is 44.2 Å². The highest BCUT2D eigenvalue weighted by Gasteiger charge is 2.48. The van der Waals surface area contributed by atoms with Gasteiger partial charge in [0.2, 0.25) is 0 Å². The van der Waals surface area contributed by atoms with Crippen LogP contribution in [0.2, 0.25) is 0 Å². The van der Waals surface area contributed by atoms with Gasteiger partial charge in [0, 0.05) is 94.8 Å². The Morgan fingerprint density at radius 2 is 0.596 bits per heavy atom. The van der Waals surface area contributed by atoms with Crippen LogP contribution in [0, 0.1) is 0 Å². The zero-order valence-corrected chi connectivity index (χ0v) is 29.6. The van der Waals surface area contributed by atoms with Crippen molar-refractivity contribution in [1.82, 2.24) is 21.3 Å². The second-order valence-electron chi connectivity index (χ2n) is 15.7. The summed E-state index contributed by atoms with van der Waals surface area (Å²) in [7, 11) is 0. The van der Waals surface area contributed by atoms with E-state index < -0.39 is 0 Å². The summed E-state index contributed by atoms with van der Waals surface area (Å²) in [5, 5.41) is 16.7. The standard InChI is InChI=1S/C44H52N8/c45-29-13-5-1-9-25(29)41-33-17-19-35(49-33)42(26-10-2-6-14-30(26)46)37-21-23-39(51-37)44(28-12-4-8-16-32(28)48)40-24-22-38(52-40)43(36-20-18-34(41)50-36)27-11-3-7-15-31(27)47/h1-20,33-44,49-52H,21-24,45-48H2. The molecule has 4 aromatic rings. The summed E-state index contributed by atoms with van der Waals surface area (Å²) in [5.74, 6) is 0.546. The van der Waals surface area contributed by atoms with Crippen molar-refractivity contribution in [2.24, 2.45) is 0 Å². The average Bonchev–Trinajstić information content (AvgIpc) is 3.99. The van der Waals surface area contributed by atoms with Crippen molar-refractivity contribution >= 4 is 22.7 Å². The van der Waals surface area contributed by atoms with E-state index in [0.717, 1.165) is 54.0 Å². The second-order valence-corrected chi connectivity index (χ2v) is 15.7. The fourth-order valence-electron chi connectivity index (χ4n) is 10.7. The Morgan fingerprint density at radius 3 is 0.942 bits per heavy atom. The molecule has 9 rings (SSSR count). The van der Waals surface area contributed by atoms with Gasteiger partial charge in [-0.1, -0.05) is 97.1 Å². The maximum Gasteiger partial charge on any atom is 0.0350 e. The molecule has 4 aromatic carbocycles. The highest BCUT2D eigenvalue weighted by Crippen LogP contribution is 2.46. The Bertz CT molecular complexity index is 1880. The van der Waals surface area contributed by atoms with Crippen LogP contribution in [0.5, 0.6) is 0 Å². The van der Waals surface area contributed by atoms with Crippen LogP contribution in [-0.2, 0) is 0 Å². The lowest BCUT2D eigenvalue weighted by Gasteiger charge is -2.38. The van der Waals surface area contributed by atoms with Crippen LogP contribution in [0.1, 0.15) is 71.6 Å². The molecule has 0 aromatic heterocycles. The topological polar surface area (TPSA) is 152 Å². The van der Waals surface area contributed by atoms with Gasteiger partial charge in [-0.05, 0) is 72.2 Å². The largest absolute Gasteiger partial charge is 0.398 e. The zero-order chi connectivity index (χ0) is 35.3. The van der Waals surface area contributed by atoms with Crippen LogP contribution in [0.4, 0.5) is 22.7 Å². The lowest BCUT2D eigenvalue weighted by molar-refractivity contribution is 0.317. The van der Waals surface area contributed by atoms with E-state index >= 15 is 0 Å². The third-order valence-corrected chi connectivity index (χ3v) is 13.0. The van der Waals surface area contributed by atoms with Crippen LogP contribution >= 0.6 is 0 Å². The molecule has 5 aliphatic rings. The number of fused-ring (bicyclic) bond motifs is 8. The third-order valence-electron chi connectivity index (χ3n) is 13.0. The van der Waals surface area contributed by atoms with Crippen molar-refractivity contribution in [3.63, 3.8) is 0 Å². The third kappa shape index (κ3) is 5.88. The monoisotopic (exact) mass is 692 g/mol. The number of benzene rings is 4. The number of rotatable bonds is 4. The number of nitrogens with one attached hydrogen (secondary N) is 4. The maximum absolute atomic E-state index is 6.82. The predicted octanol–water partition coefficient (Wildman–Crippen LogP) is 5.50. The molecule has 10 unspecified atom stereocenters. The number of para-hydroxylation sites is 4. The fourth-order valence-corrected chi connectivity index (χ4v) is 10.7. The van der Waals surface area contributed by atoms with Crippen LogP contribution in [0.15, 0.2) is 121 Å². The number of anilines is 4. The van der Waals surface area contributed by atoms with Gasteiger partial charge in [-0.2, -0.15) is 0 Å².